The minimum atomic E-state index is -0.546. The van der Waals surface area contributed by atoms with E-state index in [1.54, 1.807) is 7.05 Å². The van der Waals surface area contributed by atoms with E-state index in [-0.39, 0.29) is 18.4 Å². The van der Waals surface area contributed by atoms with Crippen molar-refractivity contribution in [2.45, 2.75) is 12.5 Å². The number of ether oxygens (including phenoxy) is 1. The van der Waals surface area contributed by atoms with Crippen LogP contribution in [-0.4, -0.2) is 21.6 Å². The molecule has 0 atom stereocenters. The number of hydrogen-bond donors (Lipinski definition) is 0. The van der Waals surface area contributed by atoms with E-state index < -0.39 is 4.92 Å². The molecule has 0 unspecified atom stereocenters. The first kappa shape index (κ1) is 10.9. The summed E-state index contributed by atoms with van der Waals surface area (Å²) >= 11 is 5.60. The number of halogens is 1. The molecule has 0 amide bonds. The standard InChI is InChI=1S/C7H10ClN3O3/c1-10-6(4-14-2)5(3-8)9-7(10)11(12)13/h3-4H2,1-2H3. The van der Waals surface area contributed by atoms with Gasteiger partial charge in [0.05, 0.1) is 12.9 Å². The van der Waals surface area contributed by atoms with Crippen molar-refractivity contribution in [1.82, 2.24) is 9.55 Å². The molecule has 0 aromatic carbocycles. The van der Waals surface area contributed by atoms with Crippen molar-refractivity contribution in [3.8, 4) is 0 Å². The van der Waals surface area contributed by atoms with Gasteiger partial charge in [-0.1, -0.05) is 4.98 Å². The van der Waals surface area contributed by atoms with Gasteiger partial charge in [-0.25, -0.2) is 4.57 Å². The highest BCUT2D eigenvalue weighted by Crippen LogP contribution is 2.18. The summed E-state index contributed by atoms with van der Waals surface area (Å²) in [6.07, 6.45) is 0. The normalized spacial score (nSPS) is 10.5. The van der Waals surface area contributed by atoms with Gasteiger partial charge in [0.25, 0.3) is 0 Å². The van der Waals surface area contributed by atoms with Gasteiger partial charge < -0.3 is 14.9 Å². The number of nitrogens with zero attached hydrogens (tertiary/aromatic N) is 3. The van der Waals surface area contributed by atoms with Crippen LogP contribution in [0.2, 0.25) is 0 Å². The zero-order valence-corrected chi connectivity index (χ0v) is 8.61. The fraction of sp³-hybridized carbons (Fsp3) is 0.571. The van der Waals surface area contributed by atoms with Gasteiger partial charge in [-0.05, 0) is 4.92 Å². The van der Waals surface area contributed by atoms with Crippen LogP contribution in [0.4, 0.5) is 5.95 Å². The van der Waals surface area contributed by atoms with Crippen molar-refractivity contribution in [3.05, 3.63) is 21.5 Å². The van der Waals surface area contributed by atoms with Crippen LogP contribution in [0.1, 0.15) is 11.4 Å². The van der Waals surface area contributed by atoms with E-state index in [0.717, 1.165) is 0 Å². The van der Waals surface area contributed by atoms with Gasteiger partial charge in [-0.15, -0.1) is 11.6 Å². The monoisotopic (exact) mass is 219 g/mol. The topological polar surface area (TPSA) is 70.2 Å². The summed E-state index contributed by atoms with van der Waals surface area (Å²) < 4.78 is 6.28. The largest absolute Gasteiger partial charge is 0.434 e. The van der Waals surface area contributed by atoms with Crippen molar-refractivity contribution in [3.63, 3.8) is 0 Å². The Balaban J connectivity index is 3.18. The summed E-state index contributed by atoms with van der Waals surface area (Å²) in [5, 5.41) is 10.5. The summed E-state index contributed by atoms with van der Waals surface area (Å²) in [6, 6.07) is 0. The molecule has 0 fully saturated rings. The van der Waals surface area contributed by atoms with Crippen LogP contribution >= 0.6 is 11.6 Å². The van der Waals surface area contributed by atoms with Crippen LogP contribution in [0, 0.1) is 10.1 Å². The summed E-state index contributed by atoms with van der Waals surface area (Å²) in [7, 11) is 3.08. The number of imidazole rings is 1. The zero-order valence-electron chi connectivity index (χ0n) is 7.86. The van der Waals surface area contributed by atoms with Crippen molar-refractivity contribution in [1.29, 1.82) is 0 Å². The molecular weight excluding hydrogens is 210 g/mol. The van der Waals surface area contributed by atoms with E-state index in [1.807, 2.05) is 0 Å². The number of aromatic nitrogens is 2. The van der Waals surface area contributed by atoms with Crippen molar-refractivity contribution < 1.29 is 9.66 Å². The lowest BCUT2D eigenvalue weighted by molar-refractivity contribution is -0.396. The highest BCUT2D eigenvalue weighted by molar-refractivity contribution is 6.17. The molecule has 14 heavy (non-hydrogen) atoms. The Labute approximate surface area is 85.6 Å². The minimum absolute atomic E-state index is 0.139. The van der Waals surface area contributed by atoms with Crippen LogP contribution in [-0.2, 0) is 24.3 Å². The number of hydrogen-bond acceptors (Lipinski definition) is 4. The molecule has 7 heteroatoms. The second-order valence-corrected chi connectivity index (χ2v) is 2.96. The highest BCUT2D eigenvalue weighted by Gasteiger charge is 2.23. The Kier molecular flexibility index (Phi) is 3.43. The fourth-order valence-electron chi connectivity index (χ4n) is 1.16. The third-order valence-corrected chi connectivity index (χ3v) is 2.10. The van der Waals surface area contributed by atoms with Crippen LogP contribution in [0.25, 0.3) is 0 Å². The molecule has 1 heterocycles. The third kappa shape index (κ3) is 1.85. The first-order valence-corrected chi connectivity index (χ1v) is 4.39. The van der Waals surface area contributed by atoms with Gasteiger partial charge in [0.1, 0.15) is 12.3 Å². The lowest BCUT2D eigenvalue weighted by Crippen LogP contribution is -2.03. The predicted octanol–water partition coefficient (Wildman–Crippen LogP) is 1.21. The van der Waals surface area contributed by atoms with E-state index in [9.17, 15) is 10.1 Å². The van der Waals surface area contributed by atoms with Gasteiger partial charge in [0, 0.05) is 7.11 Å². The highest BCUT2D eigenvalue weighted by atomic mass is 35.5. The second-order valence-electron chi connectivity index (χ2n) is 2.69. The van der Waals surface area contributed by atoms with E-state index in [4.69, 9.17) is 16.3 Å². The van der Waals surface area contributed by atoms with Gasteiger partial charge in [0.2, 0.25) is 0 Å². The fourth-order valence-corrected chi connectivity index (χ4v) is 1.38. The van der Waals surface area contributed by atoms with Gasteiger partial charge in [-0.3, -0.25) is 0 Å². The molecule has 0 aliphatic rings. The van der Waals surface area contributed by atoms with Crippen molar-refractivity contribution in [2.75, 3.05) is 7.11 Å². The van der Waals surface area contributed by atoms with E-state index in [0.29, 0.717) is 11.4 Å². The zero-order chi connectivity index (χ0) is 10.7. The molecule has 0 spiro atoms. The Bertz CT molecular complexity index is 350. The van der Waals surface area contributed by atoms with Gasteiger partial charge >= 0.3 is 5.95 Å². The Morgan fingerprint density at radius 3 is 2.79 bits per heavy atom. The van der Waals surface area contributed by atoms with Crippen molar-refractivity contribution >= 4 is 17.5 Å². The van der Waals surface area contributed by atoms with Crippen LogP contribution in [0.3, 0.4) is 0 Å². The molecule has 1 rings (SSSR count). The number of methoxy groups -OCH3 is 1. The lowest BCUT2D eigenvalue weighted by atomic mass is 10.3. The molecule has 0 saturated heterocycles. The smallest absolute Gasteiger partial charge is 0.390 e. The lowest BCUT2D eigenvalue weighted by Gasteiger charge is -1.98. The van der Waals surface area contributed by atoms with Crippen molar-refractivity contribution in [2.24, 2.45) is 7.05 Å². The SMILES string of the molecule is COCc1c(CCl)nc([N+](=O)[O-])n1C. The number of nitro groups is 1. The van der Waals surface area contributed by atoms with Gasteiger partial charge in [-0.2, -0.15) is 0 Å². The Hall–Kier alpha value is -1.14. The first-order valence-electron chi connectivity index (χ1n) is 3.85. The number of alkyl halides is 1. The Morgan fingerprint density at radius 1 is 1.71 bits per heavy atom. The molecule has 6 nitrogen and oxygen atoms in total. The third-order valence-electron chi connectivity index (χ3n) is 1.84. The summed E-state index contributed by atoms with van der Waals surface area (Å²) in [5.41, 5.74) is 1.12. The summed E-state index contributed by atoms with van der Waals surface area (Å²) in [6.45, 7) is 0.263. The average molecular weight is 220 g/mol. The minimum Gasteiger partial charge on any atom is -0.390 e. The van der Waals surface area contributed by atoms with E-state index in [2.05, 4.69) is 4.98 Å². The van der Waals surface area contributed by atoms with E-state index in [1.165, 1.54) is 11.7 Å². The molecule has 1 aromatic rings. The molecular formula is C7H10ClN3O3. The maximum atomic E-state index is 10.5. The molecule has 0 aliphatic carbocycles. The van der Waals surface area contributed by atoms with Crippen LogP contribution in [0.15, 0.2) is 0 Å². The Morgan fingerprint density at radius 2 is 2.36 bits per heavy atom. The summed E-state index contributed by atoms with van der Waals surface area (Å²) in [5.74, 6) is -0.0758. The molecule has 78 valence electrons. The predicted molar refractivity (Wildman–Crippen MR) is 50.1 cm³/mol. The maximum absolute atomic E-state index is 10.5. The first-order chi connectivity index (χ1) is 6.61. The second kappa shape index (κ2) is 4.39. The van der Waals surface area contributed by atoms with Gasteiger partial charge in [0.15, 0.2) is 5.69 Å². The molecule has 0 bridgehead atoms. The average Bonchev–Trinajstić information content (AvgIpc) is 2.45. The quantitative estimate of drug-likeness (QED) is 0.434. The molecule has 0 saturated carbocycles. The molecule has 0 N–H and O–H groups in total. The molecule has 0 aliphatic heterocycles. The van der Waals surface area contributed by atoms with E-state index >= 15 is 0 Å². The maximum Gasteiger partial charge on any atom is 0.434 e. The van der Waals surface area contributed by atoms with Crippen LogP contribution < -0.4 is 0 Å². The molecule has 0 radical (unpaired) electrons. The molecule has 1 aromatic heterocycles. The number of rotatable bonds is 4. The van der Waals surface area contributed by atoms with Crippen LogP contribution in [0.5, 0.6) is 0 Å². The summed E-state index contributed by atoms with van der Waals surface area (Å²) in [4.78, 5) is 13.8.